The molecule has 2 aromatic carbocycles. The van der Waals surface area contributed by atoms with E-state index < -0.39 is 0 Å². The molecule has 1 fully saturated rings. The Morgan fingerprint density at radius 2 is 1.83 bits per heavy atom. The fourth-order valence-corrected chi connectivity index (χ4v) is 4.03. The smallest absolute Gasteiger partial charge is 0.240 e. The normalized spacial score (nSPS) is 17.4. The Balaban J connectivity index is 1.55. The maximum Gasteiger partial charge on any atom is 0.240 e. The van der Waals surface area contributed by atoms with E-state index in [2.05, 4.69) is 46.4 Å². The first-order chi connectivity index (χ1) is 14.5. The van der Waals surface area contributed by atoms with Crippen molar-refractivity contribution in [2.24, 2.45) is 7.05 Å². The van der Waals surface area contributed by atoms with Gasteiger partial charge in [-0.3, -0.25) is 14.4 Å². The second kappa shape index (κ2) is 8.71. The van der Waals surface area contributed by atoms with Crippen LogP contribution in [0.2, 0.25) is 0 Å². The molecule has 0 saturated carbocycles. The summed E-state index contributed by atoms with van der Waals surface area (Å²) in [4.78, 5) is 17.1. The zero-order valence-corrected chi connectivity index (χ0v) is 17.8. The second-order valence-corrected chi connectivity index (χ2v) is 7.90. The van der Waals surface area contributed by atoms with Crippen LogP contribution in [0.3, 0.4) is 0 Å². The summed E-state index contributed by atoms with van der Waals surface area (Å²) in [6.45, 7) is 2.34. The van der Waals surface area contributed by atoms with Crippen LogP contribution in [-0.2, 0) is 24.8 Å². The lowest BCUT2D eigenvalue weighted by molar-refractivity contribution is -0.140. The molecular weight excluding hydrogens is 376 g/mol. The second-order valence-electron chi connectivity index (χ2n) is 7.90. The van der Waals surface area contributed by atoms with E-state index in [9.17, 15) is 4.79 Å². The van der Waals surface area contributed by atoms with Crippen LogP contribution in [0.5, 0.6) is 5.75 Å². The van der Waals surface area contributed by atoms with Crippen molar-refractivity contribution in [3.8, 4) is 16.9 Å². The van der Waals surface area contributed by atoms with E-state index in [-0.39, 0.29) is 11.9 Å². The molecular formula is C24H28N4O2. The molecule has 0 N–H and O–H groups in total. The molecule has 1 amide bonds. The van der Waals surface area contributed by atoms with E-state index in [1.807, 2.05) is 43.5 Å². The fraction of sp³-hybridized carbons (Fsp3) is 0.333. The van der Waals surface area contributed by atoms with Gasteiger partial charge in [0.05, 0.1) is 19.3 Å². The number of hydrogen-bond acceptors (Lipinski definition) is 4. The van der Waals surface area contributed by atoms with Crippen molar-refractivity contribution in [3.63, 3.8) is 0 Å². The number of aromatic nitrogens is 2. The zero-order chi connectivity index (χ0) is 21.1. The van der Waals surface area contributed by atoms with Gasteiger partial charge < -0.3 is 9.64 Å². The van der Waals surface area contributed by atoms with Gasteiger partial charge in [0, 0.05) is 45.5 Å². The Morgan fingerprint density at radius 3 is 2.53 bits per heavy atom. The van der Waals surface area contributed by atoms with Crippen LogP contribution in [0.15, 0.2) is 60.9 Å². The van der Waals surface area contributed by atoms with Gasteiger partial charge in [-0.2, -0.15) is 5.10 Å². The van der Waals surface area contributed by atoms with E-state index in [0.717, 1.165) is 47.6 Å². The van der Waals surface area contributed by atoms with Crippen molar-refractivity contribution < 1.29 is 9.53 Å². The van der Waals surface area contributed by atoms with Gasteiger partial charge in [-0.25, -0.2) is 0 Å². The monoisotopic (exact) mass is 404 g/mol. The molecule has 1 aliphatic rings. The molecule has 0 unspecified atom stereocenters. The topological polar surface area (TPSA) is 50.6 Å². The van der Waals surface area contributed by atoms with Crippen molar-refractivity contribution in [3.05, 3.63) is 72.1 Å². The molecule has 0 spiro atoms. The van der Waals surface area contributed by atoms with Crippen molar-refractivity contribution in [1.82, 2.24) is 19.6 Å². The summed E-state index contributed by atoms with van der Waals surface area (Å²) in [5.74, 6) is 1.02. The van der Waals surface area contributed by atoms with Crippen LogP contribution in [0.25, 0.3) is 11.1 Å². The molecule has 156 valence electrons. The lowest BCUT2D eigenvalue weighted by atomic mass is 9.97. The summed E-state index contributed by atoms with van der Waals surface area (Å²) in [7, 11) is 5.48. The number of piperazine rings is 1. The number of amides is 1. The van der Waals surface area contributed by atoms with E-state index in [1.165, 1.54) is 0 Å². The predicted molar refractivity (Wildman–Crippen MR) is 117 cm³/mol. The molecule has 0 aliphatic carbocycles. The lowest BCUT2D eigenvalue weighted by Gasteiger charge is -2.39. The van der Waals surface area contributed by atoms with Gasteiger partial charge in [0.15, 0.2) is 0 Å². The zero-order valence-electron chi connectivity index (χ0n) is 17.8. The molecule has 4 rings (SSSR count). The molecule has 6 nitrogen and oxygen atoms in total. The number of ether oxygens (including phenoxy) is 1. The third kappa shape index (κ3) is 4.39. The Morgan fingerprint density at radius 1 is 1.03 bits per heavy atom. The third-order valence-electron chi connectivity index (χ3n) is 5.75. The standard InChI is InChI=1S/C24H28N4O2/c1-26-11-12-28(17-19-15-25-27(2)16-19)23(24(26)29)14-18-5-4-6-21(13-18)20-7-9-22(30-3)10-8-20/h4-10,13,15-16,23H,11-12,14,17H2,1-3H3/t23-/m1/s1. The number of methoxy groups -OCH3 is 1. The highest BCUT2D eigenvalue weighted by molar-refractivity contribution is 5.83. The highest BCUT2D eigenvalue weighted by atomic mass is 16.5. The van der Waals surface area contributed by atoms with E-state index in [4.69, 9.17) is 4.74 Å². The first-order valence-corrected chi connectivity index (χ1v) is 10.2. The molecule has 1 aliphatic heterocycles. The Hall–Kier alpha value is -3.12. The third-order valence-corrected chi connectivity index (χ3v) is 5.75. The largest absolute Gasteiger partial charge is 0.497 e. The number of carbonyl (C=O) groups is 1. The van der Waals surface area contributed by atoms with Crippen LogP contribution >= 0.6 is 0 Å². The molecule has 3 aromatic rings. The Kier molecular flexibility index (Phi) is 5.86. The van der Waals surface area contributed by atoms with Crippen molar-refractivity contribution >= 4 is 5.91 Å². The first kappa shape index (κ1) is 20.2. The highest BCUT2D eigenvalue weighted by Crippen LogP contribution is 2.25. The fourth-order valence-electron chi connectivity index (χ4n) is 4.03. The highest BCUT2D eigenvalue weighted by Gasteiger charge is 2.33. The number of nitrogens with zero attached hydrogens (tertiary/aromatic N) is 4. The van der Waals surface area contributed by atoms with Crippen LogP contribution in [-0.4, -0.2) is 58.8 Å². The molecule has 6 heteroatoms. The molecule has 0 radical (unpaired) electrons. The lowest BCUT2D eigenvalue weighted by Crippen LogP contribution is -2.56. The van der Waals surface area contributed by atoms with Gasteiger partial charge in [0.1, 0.15) is 5.75 Å². The van der Waals surface area contributed by atoms with E-state index >= 15 is 0 Å². The SMILES string of the molecule is COc1ccc(-c2cccc(C[C@@H]3C(=O)N(C)CCN3Cc3cnn(C)c3)c2)cc1. The number of hydrogen-bond donors (Lipinski definition) is 0. The molecule has 1 aromatic heterocycles. The summed E-state index contributed by atoms with van der Waals surface area (Å²) in [6.07, 6.45) is 4.59. The number of carbonyl (C=O) groups excluding carboxylic acids is 1. The number of aryl methyl sites for hydroxylation is 1. The molecule has 1 atom stereocenters. The van der Waals surface area contributed by atoms with Gasteiger partial charge >= 0.3 is 0 Å². The van der Waals surface area contributed by atoms with E-state index in [1.54, 1.807) is 11.8 Å². The average molecular weight is 405 g/mol. The van der Waals surface area contributed by atoms with Crippen LogP contribution in [0, 0.1) is 0 Å². The first-order valence-electron chi connectivity index (χ1n) is 10.2. The minimum absolute atomic E-state index is 0.171. The maximum atomic E-state index is 13.0. The van der Waals surface area contributed by atoms with Crippen molar-refractivity contribution in [1.29, 1.82) is 0 Å². The van der Waals surface area contributed by atoms with Crippen LogP contribution in [0.1, 0.15) is 11.1 Å². The van der Waals surface area contributed by atoms with Gasteiger partial charge in [0.2, 0.25) is 5.91 Å². The van der Waals surface area contributed by atoms with Crippen LogP contribution in [0.4, 0.5) is 0 Å². The number of likely N-dealkylation sites (N-methyl/N-ethyl adjacent to an activating group) is 1. The number of rotatable bonds is 6. The summed E-state index contributed by atoms with van der Waals surface area (Å²) < 4.78 is 7.07. The van der Waals surface area contributed by atoms with Gasteiger partial charge in [-0.15, -0.1) is 0 Å². The minimum Gasteiger partial charge on any atom is -0.497 e. The predicted octanol–water partition coefficient (Wildman–Crippen LogP) is 2.98. The van der Waals surface area contributed by atoms with Gasteiger partial charge in [-0.05, 0) is 35.2 Å². The maximum absolute atomic E-state index is 13.0. The summed E-state index contributed by atoms with van der Waals surface area (Å²) in [5, 5.41) is 4.27. The van der Waals surface area contributed by atoms with Gasteiger partial charge in [0.25, 0.3) is 0 Å². The van der Waals surface area contributed by atoms with Crippen molar-refractivity contribution in [2.75, 3.05) is 27.2 Å². The minimum atomic E-state index is -0.171. The Bertz CT molecular complexity index is 1010. The van der Waals surface area contributed by atoms with E-state index in [0.29, 0.717) is 6.42 Å². The average Bonchev–Trinajstić information content (AvgIpc) is 3.18. The summed E-state index contributed by atoms with van der Waals surface area (Å²) in [6, 6.07) is 16.4. The Labute approximate surface area is 177 Å². The summed E-state index contributed by atoms with van der Waals surface area (Å²) >= 11 is 0. The van der Waals surface area contributed by atoms with Gasteiger partial charge in [-0.1, -0.05) is 36.4 Å². The van der Waals surface area contributed by atoms with Crippen LogP contribution < -0.4 is 4.74 Å². The molecule has 1 saturated heterocycles. The number of benzene rings is 2. The molecule has 0 bridgehead atoms. The quantitative estimate of drug-likeness (QED) is 0.634. The molecule has 30 heavy (non-hydrogen) atoms. The van der Waals surface area contributed by atoms with Crippen molar-refractivity contribution in [2.45, 2.75) is 19.0 Å². The molecule has 2 heterocycles. The summed E-state index contributed by atoms with van der Waals surface area (Å²) in [5.41, 5.74) is 4.57.